The first kappa shape index (κ1) is 20.8. The second kappa shape index (κ2) is 8.44. The largest absolute Gasteiger partial charge is 0.436 e. The van der Waals surface area contributed by atoms with Gasteiger partial charge in [-0.2, -0.15) is 8.75 Å². The molecule has 0 atom stereocenters. The highest BCUT2D eigenvalue weighted by atomic mass is 35.5. The maximum Gasteiger partial charge on any atom is 0.257 e. The van der Waals surface area contributed by atoms with E-state index < -0.39 is 0 Å². The van der Waals surface area contributed by atoms with Gasteiger partial charge >= 0.3 is 0 Å². The van der Waals surface area contributed by atoms with Gasteiger partial charge in [0.15, 0.2) is 10.7 Å². The summed E-state index contributed by atoms with van der Waals surface area (Å²) in [5.74, 6) is 0.00486. The number of carbonyl (C=O) groups excluding carboxylic acids is 1. The van der Waals surface area contributed by atoms with Crippen molar-refractivity contribution in [2.45, 2.75) is 0 Å². The molecular formula is C21H11Cl2N5O2S2. The van der Waals surface area contributed by atoms with Crippen LogP contribution in [0.2, 0.25) is 10.0 Å². The van der Waals surface area contributed by atoms with Crippen molar-refractivity contribution in [3.05, 3.63) is 70.2 Å². The van der Waals surface area contributed by atoms with Crippen molar-refractivity contribution in [2.24, 2.45) is 0 Å². The topological polar surface area (TPSA) is 92.9 Å². The fraction of sp³-hybridized carbons (Fsp3) is 0. The van der Waals surface area contributed by atoms with Crippen LogP contribution in [0.5, 0.6) is 0 Å². The van der Waals surface area contributed by atoms with Crippen LogP contribution in [0.4, 0.5) is 5.69 Å². The molecule has 11 heteroatoms. The Morgan fingerprint density at radius 1 is 1.00 bits per heavy atom. The summed E-state index contributed by atoms with van der Waals surface area (Å²) in [6.07, 6.45) is 0. The predicted molar refractivity (Wildman–Crippen MR) is 131 cm³/mol. The highest BCUT2D eigenvalue weighted by molar-refractivity contribution is 7.80. The molecule has 0 bridgehead atoms. The molecule has 0 radical (unpaired) electrons. The number of anilines is 1. The number of rotatable bonds is 3. The number of fused-ring (bicyclic) bond motifs is 2. The average Bonchev–Trinajstić information content (AvgIpc) is 3.41. The summed E-state index contributed by atoms with van der Waals surface area (Å²) in [5.41, 5.74) is 4.24. The highest BCUT2D eigenvalue weighted by Gasteiger charge is 2.15. The fourth-order valence-corrected chi connectivity index (χ4v) is 4.16. The van der Waals surface area contributed by atoms with Crippen molar-refractivity contribution in [2.75, 3.05) is 5.32 Å². The van der Waals surface area contributed by atoms with E-state index in [1.807, 2.05) is 0 Å². The number of hydrogen-bond acceptors (Lipinski definition) is 7. The number of aromatic nitrogens is 3. The second-order valence-corrected chi connectivity index (χ2v) is 8.40. The van der Waals surface area contributed by atoms with Crippen molar-refractivity contribution in [3.63, 3.8) is 0 Å². The third-order valence-electron chi connectivity index (χ3n) is 4.57. The molecule has 0 aliphatic heterocycles. The Hall–Kier alpha value is -3.11. The Morgan fingerprint density at radius 3 is 2.72 bits per heavy atom. The van der Waals surface area contributed by atoms with Crippen LogP contribution in [0, 0.1) is 0 Å². The molecule has 0 aliphatic rings. The first-order chi connectivity index (χ1) is 15.5. The molecule has 0 unspecified atom stereocenters. The molecule has 5 aromatic rings. The third kappa shape index (κ3) is 4.03. The number of nitrogens with one attached hydrogen (secondary N) is 2. The molecule has 32 heavy (non-hydrogen) atoms. The Morgan fingerprint density at radius 2 is 1.84 bits per heavy atom. The Balaban J connectivity index is 1.32. The van der Waals surface area contributed by atoms with Gasteiger partial charge in [-0.15, -0.1) is 0 Å². The fourth-order valence-electron chi connectivity index (χ4n) is 3.05. The standard InChI is InChI=1S/C21H11Cl2N5O2S2/c22-13-3-1-2-12(18(13)23)20-25-16-9-11(5-7-17(16)30-20)24-21(31)26-19(29)10-4-6-14-15(8-10)28-32-27-14/h1-9H,(H2,24,26,29,31). The SMILES string of the molecule is O=C(NC(=S)Nc1ccc2oc(-c3cccc(Cl)c3Cl)nc2c1)c1ccc2nsnc2c1. The molecule has 0 saturated heterocycles. The number of hydrogen-bond donors (Lipinski definition) is 2. The maximum atomic E-state index is 12.5. The molecule has 0 aliphatic carbocycles. The van der Waals surface area contributed by atoms with Gasteiger partial charge in [0.2, 0.25) is 5.89 Å². The van der Waals surface area contributed by atoms with Gasteiger partial charge in [-0.3, -0.25) is 10.1 Å². The number of nitrogens with zero attached hydrogens (tertiary/aromatic N) is 3. The number of halogens is 2. The summed E-state index contributed by atoms with van der Waals surface area (Å²) < 4.78 is 14.1. The smallest absolute Gasteiger partial charge is 0.257 e. The summed E-state index contributed by atoms with van der Waals surface area (Å²) in [5, 5.41) is 6.57. The van der Waals surface area contributed by atoms with Crippen LogP contribution < -0.4 is 10.6 Å². The molecule has 158 valence electrons. The zero-order chi connectivity index (χ0) is 22.2. The van der Waals surface area contributed by atoms with E-state index in [0.29, 0.717) is 49.4 Å². The van der Waals surface area contributed by atoms with Crippen molar-refractivity contribution in [3.8, 4) is 11.5 Å². The van der Waals surface area contributed by atoms with E-state index in [1.54, 1.807) is 54.6 Å². The summed E-state index contributed by atoms with van der Waals surface area (Å²) in [6.45, 7) is 0. The zero-order valence-corrected chi connectivity index (χ0v) is 19.1. The van der Waals surface area contributed by atoms with Crippen LogP contribution in [-0.4, -0.2) is 24.8 Å². The van der Waals surface area contributed by atoms with Crippen LogP contribution in [-0.2, 0) is 0 Å². The van der Waals surface area contributed by atoms with Crippen LogP contribution in [0.25, 0.3) is 33.6 Å². The molecule has 3 aromatic carbocycles. The number of thiocarbonyl (C=S) groups is 1. The summed E-state index contributed by atoms with van der Waals surface area (Å²) in [6, 6.07) is 15.6. The van der Waals surface area contributed by atoms with E-state index in [9.17, 15) is 4.79 Å². The van der Waals surface area contributed by atoms with E-state index in [-0.39, 0.29) is 11.0 Å². The van der Waals surface area contributed by atoms with E-state index in [4.69, 9.17) is 39.8 Å². The summed E-state index contributed by atoms with van der Waals surface area (Å²) >= 11 is 18.7. The first-order valence-electron chi connectivity index (χ1n) is 9.17. The monoisotopic (exact) mass is 499 g/mol. The minimum Gasteiger partial charge on any atom is -0.436 e. The number of amides is 1. The molecule has 0 saturated carbocycles. The van der Waals surface area contributed by atoms with Crippen molar-refractivity contribution < 1.29 is 9.21 Å². The maximum absolute atomic E-state index is 12.5. The Bertz CT molecular complexity index is 1510. The summed E-state index contributed by atoms with van der Waals surface area (Å²) in [4.78, 5) is 17.0. The molecule has 5 rings (SSSR count). The van der Waals surface area contributed by atoms with Gasteiger partial charge in [0.25, 0.3) is 5.91 Å². The predicted octanol–water partition coefficient (Wildman–Crippen LogP) is 5.93. The lowest BCUT2D eigenvalue weighted by Gasteiger charge is -2.09. The Kier molecular flexibility index (Phi) is 5.48. The minimum atomic E-state index is -0.349. The van der Waals surface area contributed by atoms with Gasteiger partial charge < -0.3 is 9.73 Å². The van der Waals surface area contributed by atoms with Gasteiger partial charge in [0.1, 0.15) is 16.6 Å². The van der Waals surface area contributed by atoms with E-state index in [2.05, 4.69) is 24.4 Å². The van der Waals surface area contributed by atoms with E-state index in [0.717, 1.165) is 17.2 Å². The second-order valence-electron chi connectivity index (χ2n) is 6.68. The van der Waals surface area contributed by atoms with Gasteiger partial charge in [-0.05, 0) is 60.7 Å². The minimum absolute atomic E-state index is 0.146. The first-order valence-corrected chi connectivity index (χ1v) is 11.1. The quantitative estimate of drug-likeness (QED) is 0.297. The lowest BCUT2D eigenvalue weighted by molar-refractivity contribution is 0.0978. The lowest BCUT2D eigenvalue weighted by atomic mass is 10.2. The highest BCUT2D eigenvalue weighted by Crippen LogP contribution is 2.34. The number of carbonyl (C=O) groups is 1. The number of oxazole rings is 1. The van der Waals surface area contributed by atoms with E-state index >= 15 is 0 Å². The zero-order valence-electron chi connectivity index (χ0n) is 15.9. The molecule has 2 N–H and O–H groups in total. The molecule has 2 heterocycles. The number of benzene rings is 3. The van der Waals surface area contributed by atoms with Gasteiger partial charge in [-0.1, -0.05) is 29.3 Å². The average molecular weight is 500 g/mol. The van der Waals surface area contributed by atoms with Crippen LogP contribution in [0.1, 0.15) is 10.4 Å². The molecule has 1 amide bonds. The van der Waals surface area contributed by atoms with Gasteiger partial charge in [0, 0.05) is 11.3 Å². The van der Waals surface area contributed by atoms with Crippen LogP contribution >= 0.6 is 47.1 Å². The van der Waals surface area contributed by atoms with Gasteiger partial charge in [0.05, 0.1) is 27.3 Å². The molecule has 7 nitrogen and oxygen atoms in total. The third-order valence-corrected chi connectivity index (χ3v) is 6.15. The lowest BCUT2D eigenvalue weighted by Crippen LogP contribution is -2.34. The molecule has 0 spiro atoms. The summed E-state index contributed by atoms with van der Waals surface area (Å²) in [7, 11) is 0. The normalized spacial score (nSPS) is 11.1. The van der Waals surface area contributed by atoms with Crippen molar-refractivity contribution >= 4 is 86.0 Å². The van der Waals surface area contributed by atoms with Crippen LogP contribution in [0.3, 0.4) is 0 Å². The van der Waals surface area contributed by atoms with Crippen molar-refractivity contribution in [1.82, 2.24) is 19.0 Å². The van der Waals surface area contributed by atoms with Gasteiger partial charge in [-0.25, -0.2) is 4.98 Å². The van der Waals surface area contributed by atoms with Crippen LogP contribution in [0.15, 0.2) is 59.0 Å². The molecule has 2 aromatic heterocycles. The van der Waals surface area contributed by atoms with E-state index in [1.165, 1.54) is 0 Å². The van der Waals surface area contributed by atoms with Crippen molar-refractivity contribution in [1.29, 1.82) is 0 Å². The Labute approximate surface area is 200 Å². The molecule has 0 fully saturated rings. The molecular weight excluding hydrogens is 489 g/mol.